The second-order valence-corrected chi connectivity index (χ2v) is 10.2. The number of nitrogens with zero attached hydrogens (tertiary/aromatic N) is 2. The summed E-state index contributed by atoms with van der Waals surface area (Å²) in [5.41, 5.74) is 2.23. The quantitative estimate of drug-likeness (QED) is 0.540. The van der Waals surface area contributed by atoms with Crippen molar-refractivity contribution >= 4 is 33.0 Å². The zero-order chi connectivity index (χ0) is 20.4. The molecule has 0 spiro atoms. The van der Waals surface area contributed by atoms with Gasteiger partial charge in [-0.15, -0.1) is 0 Å². The van der Waals surface area contributed by atoms with Crippen LogP contribution in [0.5, 0.6) is 0 Å². The minimum atomic E-state index is -3.33. The fourth-order valence-electron chi connectivity index (χ4n) is 3.77. The van der Waals surface area contributed by atoms with Crippen LogP contribution < -0.4 is 0 Å². The molecule has 4 nitrogen and oxygen atoms in total. The lowest BCUT2D eigenvalue weighted by molar-refractivity contribution is 0.0812. The third-order valence-corrected chi connectivity index (χ3v) is 7.54. The molecule has 2 heterocycles. The Morgan fingerprint density at radius 1 is 0.931 bits per heavy atom. The van der Waals surface area contributed by atoms with Gasteiger partial charge < -0.3 is 0 Å². The van der Waals surface area contributed by atoms with Crippen LogP contribution >= 0.6 is 23.2 Å². The first-order valence-electron chi connectivity index (χ1n) is 9.30. The van der Waals surface area contributed by atoms with E-state index in [9.17, 15) is 8.42 Å². The molecule has 0 saturated carbocycles. The van der Waals surface area contributed by atoms with E-state index in [4.69, 9.17) is 23.2 Å². The second-order valence-electron chi connectivity index (χ2n) is 7.30. The normalized spacial score (nSPS) is 15.4. The maximum atomic E-state index is 12.6. The summed E-state index contributed by atoms with van der Waals surface area (Å²) in [6.07, 6.45) is 2.99. The monoisotopic (exact) mass is 446 g/mol. The van der Waals surface area contributed by atoms with E-state index in [-0.39, 0.29) is 22.6 Å². The van der Waals surface area contributed by atoms with Gasteiger partial charge in [0.15, 0.2) is 9.84 Å². The molecule has 1 aliphatic heterocycles. The maximum Gasteiger partial charge on any atom is 0.180 e. The molecule has 0 atom stereocenters. The average molecular weight is 447 g/mol. The third kappa shape index (κ3) is 4.64. The van der Waals surface area contributed by atoms with Crippen LogP contribution in [0.1, 0.15) is 17.2 Å². The number of hydrogen-bond acceptors (Lipinski definition) is 4. The Morgan fingerprint density at radius 2 is 1.48 bits per heavy atom. The summed E-state index contributed by atoms with van der Waals surface area (Å²) < 4.78 is 25.3. The van der Waals surface area contributed by atoms with E-state index in [1.54, 1.807) is 18.3 Å². The zero-order valence-corrected chi connectivity index (χ0v) is 17.9. The fraction of sp³-hybridized carbons (Fsp3) is 0.227. The summed E-state index contributed by atoms with van der Waals surface area (Å²) in [5, 5.41) is 1.38. The number of aromatic nitrogens is 1. The van der Waals surface area contributed by atoms with Crippen LogP contribution in [-0.2, 0) is 9.84 Å². The summed E-state index contributed by atoms with van der Waals surface area (Å²) in [6, 6.07) is 18.9. The van der Waals surface area contributed by atoms with Gasteiger partial charge in [0, 0.05) is 35.5 Å². The topological polar surface area (TPSA) is 50.3 Å². The Kier molecular flexibility index (Phi) is 5.93. The average Bonchev–Trinajstić information content (AvgIpc) is 2.69. The summed E-state index contributed by atoms with van der Waals surface area (Å²) in [5.74, 6) is 0.214. The molecule has 0 aliphatic carbocycles. The van der Waals surface area contributed by atoms with Crippen molar-refractivity contribution in [2.45, 2.75) is 10.9 Å². The van der Waals surface area contributed by atoms with Gasteiger partial charge in [0.1, 0.15) is 0 Å². The Balaban J connectivity index is 1.52. The highest BCUT2D eigenvalue weighted by Crippen LogP contribution is 2.36. The van der Waals surface area contributed by atoms with Crippen LogP contribution in [0.25, 0.3) is 0 Å². The van der Waals surface area contributed by atoms with Crippen LogP contribution in [0.4, 0.5) is 0 Å². The first-order valence-corrected chi connectivity index (χ1v) is 11.7. The van der Waals surface area contributed by atoms with E-state index in [2.05, 4.69) is 9.88 Å². The third-order valence-electron chi connectivity index (χ3n) is 5.17. The minimum absolute atomic E-state index is 0.0295. The molecular weight excluding hydrogens is 427 g/mol. The van der Waals surface area contributed by atoms with Gasteiger partial charge in [0.05, 0.1) is 16.7 Å². The maximum absolute atomic E-state index is 12.6. The predicted octanol–water partition coefficient (Wildman–Crippen LogP) is 4.88. The van der Waals surface area contributed by atoms with E-state index in [1.165, 1.54) is 6.20 Å². The van der Waals surface area contributed by atoms with Gasteiger partial charge in [0.2, 0.25) is 0 Å². The smallest absolute Gasteiger partial charge is 0.180 e. The summed E-state index contributed by atoms with van der Waals surface area (Å²) in [4.78, 5) is 6.50. The van der Waals surface area contributed by atoms with Crippen molar-refractivity contribution in [3.63, 3.8) is 0 Å². The van der Waals surface area contributed by atoms with Gasteiger partial charge in [-0.1, -0.05) is 47.5 Å². The lowest BCUT2D eigenvalue weighted by Gasteiger charge is -2.44. The van der Waals surface area contributed by atoms with Crippen molar-refractivity contribution in [2.24, 2.45) is 5.92 Å². The summed E-state index contributed by atoms with van der Waals surface area (Å²) >= 11 is 12.1. The Hall–Kier alpha value is -1.92. The molecular formula is C22H20Cl2N2O2S. The minimum Gasteiger partial charge on any atom is -0.292 e. The van der Waals surface area contributed by atoms with Crippen LogP contribution in [0.3, 0.4) is 0 Å². The number of benzene rings is 2. The highest BCUT2D eigenvalue weighted by Gasteiger charge is 2.36. The van der Waals surface area contributed by atoms with Crippen molar-refractivity contribution in [3.8, 4) is 0 Å². The SMILES string of the molecule is O=S(=O)(CC1CN(C(c2ccc(Cl)cc2)c2ccc(Cl)cc2)C1)c1cccnc1. The van der Waals surface area contributed by atoms with E-state index in [1.807, 2.05) is 48.5 Å². The molecule has 7 heteroatoms. The first-order chi connectivity index (χ1) is 13.9. The molecule has 3 aromatic rings. The number of likely N-dealkylation sites (tertiary alicyclic amines) is 1. The standard InChI is InChI=1S/C22H20Cl2N2O2S/c23-19-7-3-17(4-8-19)22(18-5-9-20(24)10-6-18)26-13-16(14-26)15-29(27,28)21-2-1-11-25-12-21/h1-12,16,22H,13-15H2. The molecule has 150 valence electrons. The van der Waals surface area contributed by atoms with Crippen molar-refractivity contribution in [1.29, 1.82) is 0 Å². The molecule has 29 heavy (non-hydrogen) atoms. The van der Waals surface area contributed by atoms with Crippen molar-refractivity contribution in [2.75, 3.05) is 18.8 Å². The van der Waals surface area contributed by atoms with Crippen LogP contribution in [0.15, 0.2) is 78.0 Å². The van der Waals surface area contributed by atoms with Crippen molar-refractivity contribution < 1.29 is 8.42 Å². The van der Waals surface area contributed by atoms with Gasteiger partial charge in [-0.05, 0) is 53.4 Å². The van der Waals surface area contributed by atoms with Gasteiger partial charge in [0.25, 0.3) is 0 Å². The van der Waals surface area contributed by atoms with Crippen molar-refractivity contribution in [1.82, 2.24) is 9.88 Å². The lowest BCUT2D eigenvalue weighted by Crippen LogP contribution is -2.51. The van der Waals surface area contributed by atoms with Gasteiger partial charge in [-0.3, -0.25) is 9.88 Å². The van der Waals surface area contributed by atoms with Gasteiger partial charge in [-0.25, -0.2) is 8.42 Å². The Bertz CT molecular complexity index is 1020. The van der Waals surface area contributed by atoms with E-state index in [0.29, 0.717) is 23.1 Å². The summed E-state index contributed by atoms with van der Waals surface area (Å²) in [6.45, 7) is 1.41. The highest BCUT2D eigenvalue weighted by molar-refractivity contribution is 7.91. The van der Waals surface area contributed by atoms with Crippen LogP contribution in [0, 0.1) is 5.92 Å². The summed E-state index contributed by atoms with van der Waals surface area (Å²) in [7, 11) is -3.33. The molecule has 2 aromatic carbocycles. The van der Waals surface area contributed by atoms with E-state index < -0.39 is 9.84 Å². The molecule has 0 bridgehead atoms. The molecule has 0 radical (unpaired) electrons. The fourth-order valence-corrected chi connectivity index (χ4v) is 5.55. The molecule has 1 aromatic heterocycles. The number of hydrogen-bond donors (Lipinski definition) is 0. The van der Waals surface area contributed by atoms with Gasteiger partial charge in [-0.2, -0.15) is 0 Å². The first kappa shape index (κ1) is 20.4. The number of halogens is 2. The molecule has 0 amide bonds. The van der Waals surface area contributed by atoms with E-state index >= 15 is 0 Å². The van der Waals surface area contributed by atoms with E-state index in [0.717, 1.165) is 11.1 Å². The Morgan fingerprint density at radius 3 is 1.97 bits per heavy atom. The molecule has 1 fully saturated rings. The molecule has 1 saturated heterocycles. The second kappa shape index (κ2) is 8.44. The zero-order valence-electron chi connectivity index (χ0n) is 15.6. The lowest BCUT2D eigenvalue weighted by atomic mass is 9.91. The molecule has 0 unspecified atom stereocenters. The largest absolute Gasteiger partial charge is 0.292 e. The highest BCUT2D eigenvalue weighted by atomic mass is 35.5. The molecule has 1 aliphatic rings. The number of pyridine rings is 1. The van der Waals surface area contributed by atoms with Crippen LogP contribution in [-0.4, -0.2) is 37.1 Å². The van der Waals surface area contributed by atoms with Gasteiger partial charge >= 0.3 is 0 Å². The Labute approximate surface area is 181 Å². The predicted molar refractivity (Wildman–Crippen MR) is 116 cm³/mol. The molecule has 0 N–H and O–H groups in total. The molecule has 4 rings (SSSR count). The number of rotatable bonds is 6. The van der Waals surface area contributed by atoms with Crippen LogP contribution in [0.2, 0.25) is 10.0 Å². The van der Waals surface area contributed by atoms with Crippen molar-refractivity contribution in [3.05, 3.63) is 94.2 Å². The number of sulfone groups is 1.